The second kappa shape index (κ2) is 10.3. The molecule has 0 saturated heterocycles. The van der Waals surface area contributed by atoms with Gasteiger partial charge in [-0.05, 0) is 47.0 Å². The Labute approximate surface area is 170 Å². The Morgan fingerprint density at radius 2 is 1.96 bits per heavy atom. The van der Waals surface area contributed by atoms with E-state index in [9.17, 15) is 0 Å². The fraction of sp³-hybridized carbons (Fsp3) is 0.111. The van der Waals surface area contributed by atoms with Crippen molar-refractivity contribution in [3.63, 3.8) is 0 Å². The maximum Gasteiger partial charge on any atom is 0.291 e. The van der Waals surface area contributed by atoms with Gasteiger partial charge in [-0.2, -0.15) is 5.10 Å². The molecule has 0 amide bonds. The predicted octanol–water partition coefficient (Wildman–Crippen LogP) is 4.49. The first-order chi connectivity index (χ1) is 13.4. The Morgan fingerprint density at radius 3 is 2.50 bits per heavy atom. The van der Waals surface area contributed by atoms with Crippen molar-refractivity contribution < 1.29 is 15.0 Å². The van der Waals surface area contributed by atoms with E-state index < -0.39 is 5.09 Å². The highest BCUT2D eigenvalue weighted by Crippen LogP contribution is 2.29. The van der Waals surface area contributed by atoms with Crippen LogP contribution in [0.25, 0.3) is 11.6 Å². The van der Waals surface area contributed by atoms with Crippen LogP contribution in [0.1, 0.15) is 11.1 Å². The van der Waals surface area contributed by atoms with Crippen molar-refractivity contribution in [1.82, 2.24) is 14.8 Å². The van der Waals surface area contributed by atoms with Crippen LogP contribution in [-0.4, -0.2) is 32.2 Å². The van der Waals surface area contributed by atoms with Crippen LogP contribution in [0.3, 0.4) is 0 Å². The molecule has 1 N–H and O–H groups in total. The minimum Gasteiger partial charge on any atom is -0.497 e. The number of hydrogen-bond acceptors (Lipinski definition) is 5. The van der Waals surface area contributed by atoms with Crippen LogP contribution in [-0.2, 0) is 6.54 Å². The molecule has 146 valence electrons. The zero-order valence-corrected chi connectivity index (χ0v) is 16.2. The summed E-state index contributed by atoms with van der Waals surface area (Å²) in [6, 6.07) is 13.3. The molecule has 0 atom stereocenters. The third-order valence-corrected chi connectivity index (χ3v) is 4.08. The standard InChI is InChI=1S/C18H15Cl2N3O.HNO3/c1-24-16-5-2-13(3-6-16)8-14(10-23-12-21-11-22-23)17-7-4-15(19)9-18(17)20;2-1(3)4/h2-9,11-12H,10H2,1H3;(H,2,3,4)/b14-8+;. The summed E-state index contributed by atoms with van der Waals surface area (Å²) in [7, 11) is 1.65. The molecular weight excluding hydrogens is 407 g/mol. The van der Waals surface area contributed by atoms with Crippen LogP contribution in [0, 0.1) is 10.1 Å². The van der Waals surface area contributed by atoms with E-state index in [-0.39, 0.29) is 0 Å². The third kappa shape index (κ3) is 6.57. The molecule has 2 aromatic carbocycles. The molecule has 1 heterocycles. The lowest BCUT2D eigenvalue weighted by Crippen LogP contribution is -2.02. The van der Waals surface area contributed by atoms with Gasteiger partial charge in [0.15, 0.2) is 0 Å². The van der Waals surface area contributed by atoms with Gasteiger partial charge < -0.3 is 9.94 Å². The maximum absolute atomic E-state index is 8.36. The van der Waals surface area contributed by atoms with E-state index in [0.29, 0.717) is 16.6 Å². The average Bonchev–Trinajstić information content (AvgIpc) is 3.14. The maximum atomic E-state index is 8.36. The summed E-state index contributed by atoms with van der Waals surface area (Å²) < 4.78 is 6.95. The van der Waals surface area contributed by atoms with Crippen molar-refractivity contribution in [2.75, 3.05) is 7.11 Å². The molecule has 0 aliphatic heterocycles. The summed E-state index contributed by atoms with van der Waals surface area (Å²) in [6.07, 6.45) is 5.25. The van der Waals surface area contributed by atoms with Crippen LogP contribution in [0.4, 0.5) is 0 Å². The van der Waals surface area contributed by atoms with Crippen molar-refractivity contribution in [2.24, 2.45) is 0 Å². The van der Waals surface area contributed by atoms with Gasteiger partial charge >= 0.3 is 0 Å². The van der Waals surface area contributed by atoms with Crippen molar-refractivity contribution in [3.05, 3.63) is 86.4 Å². The molecule has 28 heavy (non-hydrogen) atoms. The number of hydrogen-bond donors (Lipinski definition) is 1. The first kappa shape index (κ1) is 21.2. The van der Waals surface area contributed by atoms with Gasteiger partial charge in [-0.15, -0.1) is 10.1 Å². The van der Waals surface area contributed by atoms with Crippen molar-refractivity contribution >= 4 is 34.9 Å². The number of halogens is 2. The third-order valence-electron chi connectivity index (χ3n) is 3.53. The summed E-state index contributed by atoms with van der Waals surface area (Å²) in [5.74, 6) is 0.814. The number of rotatable bonds is 5. The zero-order valence-electron chi connectivity index (χ0n) is 14.7. The summed E-state index contributed by atoms with van der Waals surface area (Å²) in [5.41, 5.74) is 2.96. The number of allylic oxidation sites excluding steroid dienone is 1. The molecule has 3 rings (SSSR count). The van der Waals surface area contributed by atoms with Gasteiger partial charge in [0.25, 0.3) is 5.09 Å². The quantitative estimate of drug-likeness (QED) is 0.369. The van der Waals surface area contributed by atoms with Crippen LogP contribution < -0.4 is 4.74 Å². The summed E-state index contributed by atoms with van der Waals surface area (Å²) in [6.45, 7) is 0.549. The average molecular weight is 423 g/mol. The number of nitrogens with zero attached hydrogens (tertiary/aromatic N) is 4. The predicted molar refractivity (Wildman–Crippen MR) is 106 cm³/mol. The van der Waals surface area contributed by atoms with Gasteiger partial charge in [-0.25, -0.2) is 9.67 Å². The molecule has 8 nitrogen and oxygen atoms in total. The fourth-order valence-electron chi connectivity index (χ4n) is 2.35. The topological polar surface area (TPSA) is 103 Å². The highest BCUT2D eigenvalue weighted by Gasteiger charge is 2.09. The molecule has 0 aliphatic rings. The van der Waals surface area contributed by atoms with E-state index in [1.165, 1.54) is 6.33 Å². The highest BCUT2D eigenvalue weighted by atomic mass is 35.5. The second-order valence-corrected chi connectivity index (χ2v) is 6.24. The van der Waals surface area contributed by atoms with E-state index in [4.69, 9.17) is 43.3 Å². The number of benzene rings is 2. The Hall–Kier alpha value is -3.10. The molecule has 1 aromatic heterocycles. The van der Waals surface area contributed by atoms with Gasteiger partial charge in [0.1, 0.15) is 18.4 Å². The second-order valence-electron chi connectivity index (χ2n) is 5.40. The van der Waals surface area contributed by atoms with E-state index in [1.54, 1.807) is 24.2 Å². The summed E-state index contributed by atoms with van der Waals surface area (Å²) in [5, 5.41) is 19.0. The smallest absolute Gasteiger partial charge is 0.291 e. The van der Waals surface area contributed by atoms with Gasteiger partial charge in [0.05, 0.1) is 13.7 Å². The van der Waals surface area contributed by atoms with Crippen molar-refractivity contribution in [3.8, 4) is 5.75 Å². The van der Waals surface area contributed by atoms with E-state index in [0.717, 1.165) is 22.4 Å². The molecule has 0 fully saturated rings. The Morgan fingerprint density at radius 1 is 1.29 bits per heavy atom. The van der Waals surface area contributed by atoms with E-state index >= 15 is 0 Å². The molecule has 0 aliphatic carbocycles. The minimum absolute atomic E-state index is 0.549. The largest absolute Gasteiger partial charge is 0.497 e. The molecule has 0 spiro atoms. The molecule has 0 saturated carbocycles. The molecule has 3 aromatic rings. The lowest BCUT2D eigenvalue weighted by Gasteiger charge is -2.11. The Kier molecular flexibility index (Phi) is 7.79. The first-order valence-corrected chi connectivity index (χ1v) is 8.60. The van der Waals surface area contributed by atoms with Gasteiger partial charge in [-0.1, -0.05) is 41.4 Å². The summed E-state index contributed by atoms with van der Waals surface area (Å²) >= 11 is 12.4. The van der Waals surface area contributed by atoms with Crippen molar-refractivity contribution in [1.29, 1.82) is 0 Å². The van der Waals surface area contributed by atoms with Crippen molar-refractivity contribution in [2.45, 2.75) is 6.54 Å². The molecule has 0 bridgehead atoms. The van der Waals surface area contributed by atoms with E-state index in [1.807, 2.05) is 36.4 Å². The summed E-state index contributed by atoms with van der Waals surface area (Å²) in [4.78, 5) is 12.4. The first-order valence-electron chi connectivity index (χ1n) is 7.84. The van der Waals surface area contributed by atoms with Gasteiger partial charge in [0.2, 0.25) is 0 Å². The fourth-order valence-corrected chi connectivity index (χ4v) is 2.88. The molecule has 0 unspecified atom stereocenters. The number of methoxy groups -OCH3 is 1. The Balaban J connectivity index is 0.000000640. The van der Waals surface area contributed by atoms with Gasteiger partial charge in [-0.3, -0.25) is 0 Å². The molecule has 10 heteroatoms. The van der Waals surface area contributed by atoms with Gasteiger partial charge in [0, 0.05) is 10.0 Å². The lowest BCUT2D eigenvalue weighted by atomic mass is 10.0. The SMILES string of the molecule is COc1ccc(/C=C(\Cn2cncn2)c2ccc(Cl)cc2Cl)cc1.O=[N+]([O-])O. The van der Waals surface area contributed by atoms with E-state index in [2.05, 4.69) is 16.2 Å². The highest BCUT2D eigenvalue weighted by molar-refractivity contribution is 6.35. The molecule has 0 radical (unpaired) electrons. The Bertz CT molecular complexity index is 941. The van der Waals surface area contributed by atoms with Crippen LogP contribution >= 0.6 is 23.2 Å². The number of ether oxygens (including phenoxy) is 1. The number of aromatic nitrogens is 3. The monoisotopic (exact) mass is 422 g/mol. The minimum atomic E-state index is -1.50. The van der Waals surface area contributed by atoms with Crippen LogP contribution in [0.5, 0.6) is 5.75 Å². The normalized spacial score (nSPS) is 10.8. The van der Waals surface area contributed by atoms with Crippen LogP contribution in [0.2, 0.25) is 10.0 Å². The lowest BCUT2D eigenvalue weighted by molar-refractivity contribution is -0.742. The zero-order chi connectivity index (χ0) is 20.5. The van der Waals surface area contributed by atoms with Crippen LogP contribution in [0.15, 0.2) is 55.1 Å². The molecular formula is C18H16Cl2N4O4.